The Labute approximate surface area is 153 Å². The van der Waals surface area contributed by atoms with Crippen LogP contribution in [-0.4, -0.2) is 38.8 Å². The Morgan fingerprint density at radius 1 is 1.23 bits per heavy atom. The van der Waals surface area contributed by atoms with Gasteiger partial charge >= 0.3 is 5.97 Å². The first-order chi connectivity index (χ1) is 12.0. The minimum atomic E-state index is -1.20. The predicted molar refractivity (Wildman–Crippen MR) is 95.2 cm³/mol. The lowest BCUT2D eigenvalue weighted by atomic mass is 9.46. The summed E-state index contributed by atoms with van der Waals surface area (Å²) in [6, 6.07) is 0. The Hall–Kier alpha value is -1.46. The molecule has 0 unspecified atom stereocenters. The van der Waals surface area contributed by atoms with Gasteiger partial charge in [0.2, 0.25) is 0 Å². The summed E-state index contributed by atoms with van der Waals surface area (Å²) < 4.78 is 0. The average molecular weight is 360 g/mol. The number of allylic oxidation sites excluding steroid dienone is 3. The molecule has 3 fully saturated rings. The third kappa shape index (κ3) is 2.10. The number of fused-ring (bicyclic) bond motifs is 5. The van der Waals surface area contributed by atoms with Crippen LogP contribution in [0.3, 0.4) is 0 Å². The van der Waals surface area contributed by atoms with E-state index in [1.807, 2.05) is 13.8 Å². The van der Waals surface area contributed by atoms with Crippen molar-refractivity contribution in [2.45, 2.75) is 64.6 Å². The summed E-state index contributed by atoms with van der Waals surface area (Å²) in [7, 11) is 0. The van der Waals surface area contributed by atoms with Crippen LogP contribution in [0.4, 0.5) is 0 Å². The number of carboxylic acid groups (broad SMARTS) is 1. The summed E-state index contributed by atoms with van der Waals surface area (Å²) >= 11 is 0. The monoisotopic (exact) mass is 360 g/mol. The highest BCUT2D eigenvalue weighted by Gasteiger charge is 2.64. The van der Waals surface area contributed by atoms with E-state index in [9.17, 15) is 24.9 Å². The first-order valence-electron chi connectivity index (χ1n) is 9.63. The van der Waals surface area contributed by atoms with Gasteiger partial charge in [-0.25, -0.2) is 4.79 Å². The molecule has 0 aromatic carbocycles. The molecule has 0 aliphatic heterocycles. The highest BCUT2D eigenvalue weighted by Crippen LogP contribution is 2.66. The van der Waals surface area contributed by atoms with E-state index in [1.54, 1.807) is 6.08 Å². The summed E-state index contributed by atoms with van der Waals surface area (Å²) in [6.07, 6.45) is 6.27. The second-order valence-electron chi connectivity index (χ2n) is 9.52. The zero-order valence-corrected chi connectivity index (χ0v) is 15.7. The van der Waals surface area contributed by atoms with E-state index in [2.05, 4.69) is 6.92 Å². The van der Waals surface area contributed by atoms with Crippen LogP contribution in [0.1, 0.15) is 52.9 Å². The number of aliphatic carboxylic acids is 1. The average Bonchev–Trinajstić information content (AvgIpc) is 2.76. The van der Waals surface area contributed by atoms with Crippen molar-refractivity contribution in [3.63, 3.8) is 0 Å². The van der Waals surface area contributed by atoms with E-state index >= 15 is 0 Å². The van der Waals surface area contributed by atoms with Crippen molar-refractivity contribution in [2.24, 2.45) is 28.6 Å². The first-order valence-corrected chi connectivity index (χ1v) is 9.63. The van der Waals surface area contributed by atoms with Gasteiger partial charge in [-0.3, -0.25) is 4.79 Å². The molecule has 3 N–H and O–H groups in total. The van der Waals surface area contributed by atoms with E-state index in [0.717, 1.165) is 31.3 Å². The fraction of sp³-hybridized carbons (Fsp3) is 0.714. The van der Waals surface area contributed by atoms with Crippen LogP contribution < -0.4 is 0 Å². The highest BCUT2D eigenvalue weighted by molar-refractivity contribution is 6.22. The molecule has 4 rings (SSSR count). The molecule has 0 bridgehead atoms. The third-order valence-corrected chi connectivity index (χ3v) is 8.39. The molecule has 26 heavy (non-hydrogen) atoms. The van der Waals surface area contributed by atoms with E-state index in [1.165, 1.54) is 6.08 Å². The number of carboxylic acids is 1. The van der Waals surface area contributed by atoms with Crippen molar-refractivity contribution in [3.8, 4) is 0 Å². The zero-order chi connectivity index (χ0) is 19.1. The van der Waals surface area contributed by atoms with E-state index < -0.39 is 28.9 Å². The number of aliphatic hydroxyl groups excluding tert-OH is 1. The van der Waals surface area contributed by atoms with Crippen LogP contribution in [0.2, 0.25) is 0 Å². The van der Waals surface area contributed by atoms with Gasteiger partial charge in [-0.1, -0.05) is 25.5 Å². The van der Waals surface area contributed by atoms with Crippen LogP contribution in [-0.2, 0) is 9.59 Å². The number of hydrogen-bond donors (Lipinski definition) is 3. The SMILES string of the molecule is C[C@]1(O)CC[C@@H]2[C@H]3CCC4=CC(=O)C(C(=O)O)=C[C@@]4(C)[C@H]3[C@H](O)C[C@@]21C. The summed E-state index contributed by atoms with van der Waals surface area (Å²) in [5.41, 5.74) is -0.961. The molecule has 4 aliphatic carbocycles. The maximum Gasteiger partial charge on any atom is 0.339 e. The Balaban J connectivity index is 1.79. The van der Waals surface area contributed by atoms with Gasteiger partial charge in [0.25, 0.3) is 0 Å². The zero-order valence-electron chi connectivity index (χ0n) is 15.7. The van der Waals surface area contributed by atoms with Gasteiger partial charge in [0, 0.05) is 16.7 Å². The molecule has 0 saturated heterocycles. The fourth-order valence-corrected chi connectivity index (χ4v) is 6.82. The molecule has 5 heteroatoms. The van der Waals surface area contributed by atoms with Gasteiger partial charge < -0.3 is 15.3 Å². The van der Waals surface area contributed by atoms with Gasteiger partial charge in [0.05, 0.1) is 11.7 Å². The molecule has 3 saturated carbocycles. The number of ketones is 1. The normalized spacial score (nSPS) is 50.3. The van der Waals surface area contributed by atoms with E-state index in [0.29, 0.717) is 12.3 Å². The quantitative estimate of drug-likeness (QED) is 0.625. The highest BCUT2D eigenvalue weighted by atomic mass is 16.4. The van der Waals surface area contributed by atoms with Crippen molar-refractivity contribution in [1.82, 2.24) is 0 Å². The van der Waals surface area contributed by atoms with E-state index in [4.69, 9.17) is 0 Å². The summed E-state index contributed by atoms with van der Waals surface area (Å²) in [5.74, 6) is -1.23. The number of rotatable bonds is 1. The van der Waals surface area contributed by atoms with Crippen molar-refractivity contribution in [3.05, 3.63) is 23.3 Å². The predicted octanol–water partition coefficient (Wildman–Crippen LogP) is 2.47. The molecule has 0 aromatic heterocycles. The Bertz CT molecular complexity index is 748. The molecule has 0 radical (unpaired) electrons. The molecule has 7 atom stereocenters. The second-order valence-corrected chi connectivity index (χ2v) is 9.52. The second kappa shape index (κ2) is 5.29. The molecule has 4 aliphatic rings. The summed E-state index contributed by atoms with van der Waals surface area (Å²) in [6.45, 7) is 5.96. The molecule has 5 nitrogen and oxygen atoms in total. The lowest BCUT2D eigenvalue weighted by molar-refractivity contribution is -0.158. The van der Waals surface area contributed by atoms with Gasteiger partial charge in [-0.15, -0.1) is 0 Å². The van der Waals surface area contributed by atoms with Crippen LogP contribution in [0, 0.1) is 28.6 Å². The molecule has 0 aromatic rings. The molecule has 0 amide bonds. The molecule has 142 valence electrons. The van der Waals surface area contributed by atoms with Crippen LogP contribution >= 0.6 is 0 Å². The van der Waals surface area contributed by atoms with Gasteiger partial charge in [0.1, 0.15) is 5.57 Å². The van der Waals surface area contributed by atoms with Crippen molar-refractivity contribution in [1.29, 1.82) is 0 Å². The summed E-state index contributed by atoms with van der Waals surface area (Å²) in [4.78, 5) is 23.7. The maximum absolute atomic E-state index is 12.2. The largest absolute Gasteiger partial charge is 0.478 e. The van der Waals surface area contributed by atoms with Crippen LogP contribution in [0.15, 0.2) is 23.3 Å². The smallest absolute Gasteiger partial charge is 0.339 e. The Morgan fingerprint density at radius 3 is 2.58 bits per heavy atom. The topological polar surface area (TPSA) is 94.8 Å². The third-order valence-electron chi connectivity index (χ3n) is 8.39. The summed E-state index contributed by atoms with van der Waals surface area (Å²) in [5, 5.41) is 31.5. The van der Waals surface area contributed by atoms with Crippen LogP contribution in [0.25, 0.3) is 0 Å². The fourth-order valence-electron chi connectivity index (χ4n) is 6.82. The first kappa shape index (κ1) is 17.9. The standard InChI is InChI=1S/C21H28O5/c1-19-9-13(18(24)25)15(22)8-11(19)4-5-12-14-6-7-21(3,26)20(14,2)10-16(23)17(12)19/h8-9,12,14,16-17,23,26H,4-7,10H2,1-3H3,(H,24,25)/t12-,14-,16-,17-,19-,20+,21+/m1/s1. The minimum absolute atomic E-state index is 0.114. The lowest BCUT2D eigenvalue weighted by Crippen LogP contribution is -2.58. The Morgan fingerprint density at radius 2 is 1.92 bits per heavy atom. The van der Waals surface area contributed by atoms with Crippen molar-refractivity contribution < 1.29 is 24.9 Å². The van der Waals surface area contributed by atoms with Crippen molar-refractivity contribution >= 4 is 11.8 Å². The van der Waals surface area contributed by atoms with Crippen LogP contribution in [0.5, 0.6) is 0 Å². The Kier molecular flexibility index (Phi) is 3.65. The lowest BCUT2D eigenvalue weighted by Gasteiger charge is -2.59. The number of carbonyl (C=O) groups is 2. The molecule has 0 spiro atoms. The van der Waals surface area contributed by atoms with E-state index in [-0.39, 0.29) is 22.8 Å². The van der Waals surface area contributed by atoms with Gasteiger partial charge in [0.15, 0.2) is 5.78 Å². The number of aliphatic hydroxyl groups is 2. The number of carbonyl (C=O) groups excluding carboxylic acids is 1. The molecule has 0 heterocycles. The minimum Gasteiger partial charge on any atom is -0.478 e. The molecular weight excluding hydrogens is 332 g/mol. The maximum atomic E-state index is 12.2. The van der Waals surface area contributed by atoms with Gasteiger partial charge in [-0.2, -0.15) is 0 Å². The van der Waals surface area contributed by atoms with Crippen molar-refractivity contribution in [2.75, 3.05) is 0 Å². The molecular formula is C21H28O5. The number of hydrogen-bond acceptors (Lipinski definition) is 4. The van der Waals surface area contributed by atoms with Gasteiger partial charge in [-0.05, 0) is 56.9 Å².